The molecule has 2 saturated carbocycles. The van der Waals surface area contributed by atoms with Crippen LogP contribution in [-0.4, -0.2) is 44.1 Å². The van der Waals surface area contributed by atoms with Gasteiger partial charge < -0.3 is 10.1 Å². The van der Waals surface area contributed by atoms with Gasteiger partial charge in [0.2, 0.25) is 11.8 Å². The highest BCUT2D eigenvalue weighted by atomic mass is 32.2. The smallest absolute Gasteiger partial charge is 0.327 e. The van der Waals surface area contributed by atoms with Gasteiger partial charge >= 0.3 is 10.8 Å². The van der Waals surface area contributed by atoms with Crippen molar-refractivity contribution in [2.75, 3.05) is 0 Å². The van der Waals surface area contributed by atoms with Crippen molar-refractivity contribution in [1.82, 2.24) is 9.88 Å². The molecule has 2 N–H and O–H groups in total. The van der Waals surface area contributed by atoms with Gasteiger partial charge in [0.1, 0.15) is 6.04 Å². The molecule has 0 unspecified atom stereocenters. The number of rotatable bonds is 3. The van der Waals surface area contributed by atoms with Gasteiger partial charge in [-0.3, -0.25) is 19.3 Å². The van der Waals surface area contributed by atoms with E-state index in [-0.39, 0.29) is 51.0 Å². The average molecular weight is 437 g/mol. The number of hydrogen-bond acceptors (Lipinski definition) is 6. The number of carbonyl (C=O) groups excluding carboxylic acids is 2. The van der Waals surface area contributed by atoms with E-state index in [0.29, 0.717) is 0 Å². The van der Waals surface area contributed by atoms with E-state index in [1.165, 1.54) is 11.3 Å². The number of amides is 2. The summed E-state index contributed by atoms with van der Waals surface area (Å²) < 4.78 is 0. The number of aromatic amines is 1. The predicted octanol–water partition coefficient (Wildman–Crippen LogP) is 2.16. The molecule has 4 aliphatic rings. The SMILES string of the molecule is CC(C)[C@@H](C(=O)O)N1C(=O)[C@H]2[C@@H]3C[C@@H]([C@@H]2C1=O)[C@@H]1[C@@H]3Sc2[nH]c(=O)sc2C1(C)C. The van der Waals surface area contributed by atoms with Gasteiger partial charge in [0.05, 0.1) is 16.9 Å². The van der Waals surface area contributed by atoms with Crippen LogP contribution in [0.3, 0.4) is 0 Å². The molecule has 1 aromatic heterocycles. The van der Waals surface area contributed by atoms with Gasteiger partial charge in [-0.15, -0.1) is 11.8 Å². The van der Waals surface area contributed by atoms with Gasteiger partial charge in [-0.2, -0.15) is 0 Å². The van der Waals surface area contributed by atoms with Crippen LogP contribution in [0.2, 0.25) is 0 Å². The largest absolute Gasteiger partial charge is 0.480 e. The molecule has 0 spiro atoms. The van der Waals surface area contributed by atoms with Gasteiger partial charge in [-0.1, -0.05) is 39.0 Å². The van der Waals surface area contributed by atoms with E-state index in [1.807, 2.05) is 0 Å². The summed E-state index contributed by atoms with van der Waals surface area (Å²) in [6.07, 6.45) is 0.824. The number of nitrogens with zero attached hydrogens (tertiary/aromatic N) is 1. The van der Waals surface area contributed by atoms with Gasteiger partial charge in [-0.25, -0.2) is 4.79 Å². The Hall–Kier alpha value is -1.61. The number of nitrogens with one attached hydrogen (secondary N) is 1. The summed E-state index contributed by atoms with van der Waals surface area (Å²) in [5.74, 6) is -2.66. The summed E-state index contributed by atoms with van der Waals surface area (Å²) in [5, 5.41) is 10.7. The summed E-state index contributed by atoms with van der Waals surface area (Å²) in [6, 6.07) is -1.11. The van der Waals surface area contributed by atoms with Crippen LogP contribution >= 0.6 is 23.1 Å². The standard InChI is InChI=1S/C20H24N2O5S2/c1-6(2)12(18(25)26)22-16(23)9-7-5-8(10(9)17(22)24)13-11(7)20(3,4)14-15(28-13)21-19(27)29-14/h6-13H,5H2,1-4H3,(H,21,27)(H,25,26)/t7-,8-,9-,10-,11+,12-,13+/m0/s1. The summed E-state index contributed by atoms with van der Waals surface area (Å²) in [4.78, 5) is 55.4. The number of imide groups is 1. The number of thiazole rings is 1. The molecule has 7 nitrogen and oxygen atoms in total. The molecular formula is C20H24N2O5S2. The van der Waals surface area contributed by atoms with Crippen molar-refractivity contribution < 1.29 is 19.5 Å². The van der Waals surface area contributed by atoms with E-state index in [9.17, 15) is 24.3 Å². The minimum atomic E-state index is -1.12. The van der Waals surface area contributed by atoms with E-state index in [2.05, 4.69) is 18.8 Å². The van der Waals surface area contributed by atoms with Crippen molar-refractivity contribution in [3.05, 3.63) is 14.5 Å². The molecule has 156 valence electrons. The Labute approximate surface area is 176 Å². The van der Waals surface area contributed by atoms with Crippen molar-refractivity contribution in [2.24, 2.45) is 35.5 Å². The minimum absolute atomic E-state index is 0.0406. The zero-order valence-corrected chi connectivity index (χ0v) is 18.3. The fourth-order valence-corrected chi connectivity index (χ4v) is 9.80. The summed E-state index contributed by atoms with van der Waals surface area (Å²) >= 11 is 2.89. The van der Waals surface area contributed by atoms with Gasteiger partial charge in [0.15, 0.2) is 0 Å². The maximum atomic E-state index is 13.4. The van der Waals surface area contributed by atoms with E-state index >= 15 is 0 Å². The number of carbonyl (C=O) groups is 3. The number of aromatic nitrogens is 1. The molecule has 2 bridgehead atoms. The van der Waals surface area contributed by atoms with Crippen LogP contribution in [0, 0.1) is 35.5 Å². The molecule has 2 amide bonds. The van der Waals surface area contributed by atoms with Crippen LogP contribution in [0.5, 0.6) is 0 Å². The third kappa shape index (κ3) is 2.31. The monoisotopic (exact) mass is 436 g/mol. The van der Waals surface area contributed by atoms with Crippen molar-refractivity contribution in [2.45, 2.75) is 55.8 Å². The van der Waals surface area contributed by atoms with Crippen LogP contribution < -0.4 is 4.87 Å². The normalized spacial score (nSPS) is 37.6. The van der Waals surface area contributed by atoms with E-state index < -0.39 is 23.8 Å². The zero-order valence-electron chi connectivity index (χ0n) is 16.7. The lowest BCUT2D eigenvalue weighted by Gasteiger charge is -2.47. The van der Waals surface area contributed by atoms with Crippen LogP contribution in [0.4, 0.5) is 0 Å². The first-order valence-corrected chi connectivity index (χ1v) is 11.7. The number of H-pyrrole nitrogens is 1. The van der Waals surface area contributed by atoms with Gasteiger partial charge in [-0.05, 0) is 30.1 Å². The molecule has 9 heteroatoms. The Kier molecular flexibility index (Phi) is 3.98. The van der Waals surface area contributed by atoms with Crippen LogP contribution in [-0.2, 0) is 19.8 Å². The maximum absolute atomic E-state index is 13.4. The fraction of sp³-hybridized carbons (Fsp3) is 0.700. The van der Waals surface area contributed by atoms with Gasteiger partial charge in [0.25, 0.3) is 0 Å². The number of hydrogen-bond donors (Lipinski definition) is 2. The second-order valence-electron chi connectivity index (χ2n) is 9.69. The number of carboxylic acids is 1. The number of aliphatic carboxylic acids is 1. The van der Waals surface area contributed by atoms with Crippen molar-refractivity contribution in [3.8, 4) is 0 Å². The maximum Gasteiger partial charge on any atom is 0.327 e. The highest BCUT2D eigenvalue weighted by Gasteiger charge is 2.71. The first-order chi connectivity index (χ1) is 13.6. The second kappa shape index (κ2) is 5.97. The van der Waals surface area contributed by atoms with Crippen LogP contribution in [0.15, 0.2) is 9.82 Å². The predicted molar refractivity (Wildman–Crippen MR) is 108 cm³/mol. The first kappa shape index (κ1) is 19.4. The number of fused-ring (bicyclic) bond motifs is 9. The molecule has 7 atom stereocenters. The molecule has 1 aromatic rings. The molecule has 3 fully saturated rings. The second-order valence-corrected chi connectivity index (χ2v) is 11.9. The molecule has 5 rings (SSSR count). The lowest BCUT2D eigenvalue weighted by Crippen LogP contribution is -2.49. The number of thioether (sulfide) groups is 1. The topological polar surface area (TPSA) is 108 Å². The quantitative estimate of drug-likeness (QED) is 0.703. The number of carboxylic acid groups (broad SMARTS) is 1. The van der Waals surface area contributed by atoms with E-state index in [4.69, 9.17) is 0 Å². The Morgan fingerprint density at radius 1 is 1.17 bits per heavy atom. The summed E-state index contributed by atoms with van der Waals surface area (Å²) in [6.45, 7) is 7.73. The summed E-state index contributed by atoms with van der Waals surface area (Å²) in [7, 11) is 0. The molecule has 29 heavy (non-hydrogen) atoms. The average Bonchev–Trinajstić information content (AvgIpc) is 3.32. The number of likely N-dealkylation sites (tertiary alicyclic amines) is 1. The third-order valence-corrected chi connectivity index (χ3v) is 10.4. The van der Waals surface area contributed by atoms with Crippen LogP contribution in [0.25, 0.3) is 0 Å². The Morgan fingerprint density at radius 2 is 1.79 bits per heavy atom. The van der Waals surface area contributed by atoms with Gasteiger partial charge in [0, 0.05) is 15.5 Å². The molecule has 2 aliphatic carbocycles. The highest BCUT2D eigenvalue weighted by Crippen LogP contribution is 2.69. The third-order valence-electron chi connectivity index (χ3n) is 7.59. The molecule has 0 aromatic carbocycles. The zero-order chi connectivity index (χ0) is 21.0. The highest BCUT2D eigenvalue weighted by molar-refractivity contribution is 8.00. The molecule has 1 saturated heterocycles. The fourth-order valence-electron chi connectivity index (χ4n) is 6.64. The molecule has 0 radical (unpaired) electrons. The molecule has 3 heterocycles. The van der Waals surface area contributed by atoms with Crippen molar-refractivity contribution >= 4 is 40.9 Å². The Balaban J connectivity index is 1.56. The molecule has 2 aliphatic heterocycles. The van der Waals surface area contributed by atoms with Crippen molar-refractivity contribution in [3.63, 3.8) is 0 Å². The lowest BCUT2D eigenvalue weighted by atomic mass is 9.64. The van der Waals surface area contributed by atoms with E-state index in [1.54, 1.807) is 25.6 Å². The van der Waals surface area contributed by atoms with Crippen LogP contribution in [0.1, 0.15) is 39.0 Å². The van der Waals surface area contributed by atoms with Crippen molar-refractivity contribution in [1.29, 1.82) is 0 Å². The minimum Gasteiger partial charge on any atom is -0.480 e. The van der Waals surface area contributed by atoms with E-state index in [0.717, 1.165) is 21.2 Å². The Morgan fingerprint density at radius 3 is 2.38 bits per heavy atom. The lowest BCUT2D eigenvalue weighted by molar-refractivity contribution is -0.157. The Bertz CT molecular complexity index is 995. The molecular weight excluding hydrogens is 412 g/mol. The first-order valence-electron chi connectivity index (χ1n) is 10.1. The summed E-state index contributed by atoms with van der Waals surface area (Å²) in [5.41, 5.74) is -0.263.